The molecule has 0 aliphatic heterocycles. The first kappa shape index (κ1) is 83.1. The van der Waals surface area contributed by atoms with E-state index in [4.69, 9.17) is 18.9 Å². The van der Waals surface area contributed by atoms with Gasteiger partial charge < -0.3 is 28.5 Å². The van der Waals surface area contributed by atoms with Crippen LogP contribution < -0.4 is 0 Å². The van der Waals surface area contributed by atoms with E-state index < -0.39 is 24.3 Å². The average molecular weight is 1230 g/mol. The van der Waals surface area contributed by atoms with Gasteiger partial charge in [-0.05, 0) is 141 Å². The van der Waals surface area contributed by atoms with E-state index >= 15 is 0 Å². The summed E-state index contributed by atoms with van der Waals surface area (Å²) < 4.78 is 22.9. The van der Waals surface area contributed by atoms with Gasteiger partial charge in [0.2, 0.25) is 0 Å². The second kappa shape index (κ2) is 68.0. The van der Waals surface area contributed by atoms with Gasteiger partial charge in [0.1, 0.15) is 13.2 Å². The number of carbonyl (C=O) groups excluding carboxylic acids is 2. The maximum atomic E-state index is 12.9. The summed E-state index contributed by atoms with van der Waals surface area (Å²) in [5.74, 6) is -2.06. The van der Waals surface area contributed by atoms with Crippen LogP contribution in [0.25, 0.3) is 0 Å². The van der Waals surface area contributed by atoms with Crippen LogP contribution in [0.3, 0.4) is 0 Å². The van der Waals surface area contributed by atoms with Gasteiger partial charge in [-0.25, -0.2) is 4.79 Å². The second-order valence-electron chi connectivity index (χ2n) is 23.4. The Bertz CT molecular complexity index is 2160. The van der Waals surface area contributed by atoms with E-state index in [0.29, 0.717) is 17.4 Å². The van der Waals surface area contributed by atoms with Crippen molar-refractivity contribution in [2.75, 3.05) is 47.5 Å². The summed E-state index contributed by atoms with van der Waals surface area (Å²) in [6.45, 7) is 4.60. The number of carbonyl (C=O) groups is 3. The van der Waals surface area contributed by atoms with E-state index in [0.717, 1.165) is 161 Å². The topological polar surface area (TPSA) is 108 Å². The molecule has 1 N–H and O–H groups in total. The molecule has 0 aromatic heterocycles. The molecule has 0 aromatic carbocycles. The zero-order valence-electron chi connectivity index (χ0n) is 56.8. The molecule has 0 radical (unpaired) electrons. The van der Waals surface area contributed by atoms with Crippen LogP contribution in [0, 0.1) is 0 Å². The number of quaternary nitrogens is 1. The molecule has 0 aromatic rings. The molecule has 89 heavy (non-hydrogen) atoms. The number of ether oxygens (including phenoxy) is 4. The van der Waals surface area contributed by atoms with Gasteiger partial charge in [0.15, 0.2) is 6.10 Å². The Morgan fingerprint density at radius 1 is 0.337 bits per heavy atom. The lowest BCUT2D eigenvalue weighted by atomic mass is 10.1. The summed E-state index contributed by atoms with van der Waals surface area (Å²) in [6.07, 6.45) is 102. The highest BCUT2D eigenvalue weighted by atomic mass is 16.7. The summed E-state index contributed by atoms with van der Waals surface area (Å²) in [6, 6.07) is 0. The fourth-order valence-electron chi connectivity index (χ4n) is 8.63. The molecule has 0 saturated carbocycles. The molecule has 0 bridgehead atoms. The van der Waals surface area contributed by atoms with Crippen LogP contribution >= 0.6 is 0 Å². The Morgan fingerprint density at radius 3 is 0.899 bits per heavy atom. The molecule has 0 heterocycles. The molecule has 2 unspecified atom stereocenters. The van der Waals surface area contributed by atoms with Gasteiger partial charge in [0.25, 0.3) is 6.29 Å². The first-order valence-electron chi connectivity index (χ1n) is 34.6. The van der Waals surface area contributed by atoms with Crippen LogP contribution in [0.2, 0.25) is 0 Å². The quantitative estimate of drug-likeness (QED) is 0.0211. The first-order chi connectivity index (χ1) is 43.6. The lowest BCUT2D eigenvalue weighted by Gasteiger charge is -2.25. The first-order valence-corrected chi connectivity index (χ1v) is 34.6. The average Bonchev–Trinajstić information content (AvgIpc) is 3.64. The Hall–Kier alpha value is -5.87. The van der Waals surface area contributed by atoms with Gasteiger partial charge in [-0.2, -0.15) is 0 Å². The van der Waals surface area contributed by atoms with E-state index in [2.05, 4.69) is 208 Å². The van der Waals surface area contributed by atoms with E-state index in [1.165, 1.54) is 38.5 Å². The van der Waals surface area contributed by atoms with E-state index in [1.54, 1.807) is 0 Å². The van der Waals surface area contributed by atoms with Gasteiger partial charge in [-0.15, -0.1) is 0 Å². The summed E-state index contributed by atoms with van der Waals surface area (Å²) in [5, 5.41) is 9.75. The van der Waals surface area contributed by atoms with Gasteiger partial charge in [-0.3, -0.25) is 9.59 Å². The Morgan fingerprint density at radius 2 is 0.607 bits per heavy atom. The molecule has 0 aliphatic rings. The van der Waals surface area contributed by atoms with Crippen LogP contribution in [0.4, 0.5) is 0 Å². The SMILES string of the molecule is CC/C=C\C/C=C\C/C=C\C/C=C\C/C=C\C/C=C\C/C=C\C/C=C\C/C=C\CCCCCCCCCC(=O)OC(COC(=O)CCCCCCCCC/C=C\C/C=C\C/C=C\C/C=C\C/C=C\C/C=C\C/C=C\CC)COC(OCC[N+](C)(C)C)C(=O)O. The maximum absolute atomic E-state index is 12.9. The number of esters is 2. The van der Waals surface area contributed by atoms with Crippen molar-refractivity contribution in [2.45, 2.75) is 245 Å². The zero-order chi connectivity index (χ0) is 64.7. The van der Waals surface area contributed by atoms with Crippen LogP contribution in [0.15, 0.2) is 194 Å². The highest BCUT2D eigenvalue weighted by Crippen LogP contribution is 2.14. The number of likely N-dealkylation sites (N-methyl/N-ethyl adjacent to an activating group) is 1. The minimum atomic E-state index is -1.53. The smallest absolute Gasteiger partial charge is 0.361 e. The molecule has 2 atom stereocenters. The molecule has 0 fully saturated rings. The number of rotatable bonds is 61. The predicted molar refractivity (Wildman–Crippen MR) is 382 cm³/mol. The number of hydrogen-bond donors (Lipinski definition) is 1. The molecule has 0 spiro atoms. The Balaban J connectivity index is 4.27. The molecule has 9 nitrogen and oxygen atoms in total. The zero-order valence-corrected chi connectivity index (χ0v) is 56.8. The summed E-state index contributed by atoms with van der Waals surface area (Å²) in [4.78, 5) is 37.6. The van der Waals surface area contributed by atoms with E-state index in [9.17, 15) is 19.5 Å². The van der Waals surface area contributed by atoms with Crippen LogP contribution in [-0.4, -0.2) is 87.4 Å². The van der Waals surface area contributed by atoms with E-state index in [1.807, 2.05) is 21.1 Å². The Labute approximate surface area is 544 Å². The molecular formula is C80H126NO8+. The molecule has 0 amide bonds. The third-order valence-electron chi connectivity index (χ3n) is 13.8. The summed E-state index contributed by atoms with van der Waals surface area (Å²) >= 11 is 0. The van der Waals surface area contributed by atoms with Gasteiger partial charge in [-0.1, -0.05) is 272 Å². The van der Waals surface area contributed by atoms with Crippen molar-refractivity contribution in [3.63, 3.8) is 0 Å². The third kappa shape index (κ3) is 69.5. The molecule has 498 valence electrons. The second-order valence-corrected chi connectivity index (χ2v) is 23.4. The fraction of sp³-hybridized carbons (Fsp3) is 0.562. The van der Waals surface area contributed by atoms with Crippen LogP contribution in [0.5, 0.6) is 0 Å². The fourth-order valence-corrected chi connectivity index (χ4v) is 8.63. The van der Waals surface area contributed by atoms with E-state index in [-0.39, 0.29) is 38.6 Å². The third-order valence-corrected chi connectivity index (χ3v) is 13.8. The van der Waals surface area contributed by atoms with Gasteiger partial charge in [0, 0.05) is 12.8 Å². The number of carboxylic acids is 1. The number of carboxylic acid groups (broad SMARTS) is 1. The predicted octanol–water partition coefficient (Wildman–Crippen LogP) is 21.8. The molecule has 0 aliphatic carbocycles. The molecular weight excluding hydrogens is 1100 g/mol. The van der Waals surface area contributed by atoms with Crippen molar-refractivity contribution in [1.82, 2.24) is 0 Å². The highest BCUT2D eigenvalue weighted by Gasteiger charge is 2.25. The van der Waals surface area contributed by atoms with Crippen molar-refractivity contribution < 1.29 is 42.9 Å². The minimum Gasteiger partial charge on any atom is -0.477 e. The normalized spacial score (nSPS) is 13.9. The lowest BCUT2D eigenvalue weighted by Crippen LogP contribution is -2.40. The number of unbranched alkanes of at least 4 members (excludes halogenated alkanes) is 14. The lowest BCUT2D eigenvalue weighted by molar-refractivity contribution is -0.870. The molecule has 9 heteroatoms. The number of hydrogen-bond acceptors (Lipinski definition) is 7. The van der Waals surface area contributed by atoms with Crippen molar-refractivity contribution in [1.29, 1.82) is 0 Å². The number of nitrogens with zero attached hydrogens (tertiary/aromatic N) is 1. The Kier molecular flexibility index (Phi) is 63.6. The van der Waals surface area contributed by atoms with Crippen LogP contribution in [-0.2, 0) is 33.3 Å². The van der Waals surface area contributed by atoms with Gasteiger partial charge >= 0.3 is 17.9 Å². The van der Waals surface area contributed by atoms with Gasteiger partial charge in [0.05, 0.1) is 34.4 Å². The van der Waals surface area contributed by atoms with Crippen molar-refractivity contribution in [3.8, 4) is 0 Å². The minimum absolute atomic E-state index is 0.172. The summed E-state index contributed by atoms with van der Waals surface area (Å²) in [5.41, 5.74) is 0. The van der Waals surface area contributed by atoms with Crippen LogP contribution in [0.1, 0.15) is 232 Å². The summed E-state index contributed by atoms with van der Waals surface area (Å²) in [7, 11) is 5.95. The van der Waals surface area contributed by atoms with Crippen molar-refractivity contribution in [2.24, 2.45) is 0 Å². The van der Waals surface area contributed by atoms with Crippen molar-refractivity contribution in [3.05, 3.63) is 194 Å². The molecule has 0 rings (SSSR count). The molecule has 0 saturated heterocycles. The van der Waals surface area contributed by atoms with Crippen molar-refractivity contribution >= 4 is 17.9 Å². The number of allylic oxidation sites excluding steroid dienone is 32. The highest BCUT2D eigenvalue weighted by molar-refractivity contribution is 5.71. The standard InChI is InChI=1S/C80H125NO8/c1-6-8-10-12-14-16-18-20-22-24-26-28-30-32-34-36-37-38-39-40-41-43-45-47-49-51-53-55-57-59-61-63-65-67-69-71-78(83)89-76(75-88-80(79(84)85)86-73-72-81(3,4)5)74-87-77(82)70-68-66-64-62-60-58-56-54-52-50-48-46-44-42-35-33-31-29-27-25-23-21-19-17-15-13-11-9-7-2/h8-11,14-17,20-23,26-29,32-35,37-38,40-41,44-47,50-53,76,80H,6-7,12-13,18-19,24-25,30-31,36,39,42-43,48-49,54-75H2,1-5H3/p+1/b10-8-,11-9-,16-14-,17-15-,22-20-,23-21-,28-26-,29-27-,34-32-,35-33-,38-37-,41-40-,46-44-,47-45-,52-50-,53-51-. The number of aliphatic carboxylic acids is 1. The monoisotopic (exact) mass is 1230 g/mol. The largest absolute Gasteiger partial charge is 0.477 e. The maximum Gasteiger partial charge on any atom is 0.361 e.